The lowest BCUT2D eigenvalue weighted by Crippen LogP contribution is -2.26. The molecule has 0 unspecified atom stereocenters. The molecule has 0 aromatic heterocycles. The highest BCUT2D eigenvalue weighted by atomic mass is 35.5. The number of carbonyl (C=O) groups excluding carboxylic acids is 3. The molecule has 1 aliphatic rings. The molecule has 3 aromatic rings. The van der Waals surface area contributed by atoms with E-state index in [-0.39, 0.29) is 30.1 Å². The Morgan fingerprint density at radius 1 is 0.821 bits per heavy atom. The van der Waals surface area contributed by atoms with Gasteiger partial charge in [-0.25, -0.2) is 0 Å². The van der Waals surface area contributed by atoms with Crippen molar-refractivity contribution < 1.29 is 24.3 Å². The van der Waals surface area contributed by atoms with Crippen LogP contribution >= 0.6 is 11.6 Å². The summed E-state index contributed by atoms with van der Waals surface area (Å²) in [6, 6.07) is 20.6. The SMILES string of the molecule is O=C(O)CCNC(=O)c1ccc(C(=O)/C(=C/C(=O)c2ccccc2Cl)c2ccc(C3CCCCC3)cc2)cc1. The van der Waals surface area contributed by atoms with E-state index < -0.39 is 11.9 Å². The summed E-state index contributed by atoms with van der Waals surface area (Å²) in [6.07, 6.45) is 7.15. The molecule has 0 aliphatic heterocycles. The van der Waals surface area contributed by atoms with Gasteiger partial charge in [-0.05, 0) is 60.2 Å². The van der Waals surface area contributed by atoms with Crippen molar-refractivity contribution in [1.29, 1.82) is 0 Å². The molecule has 39 heavy (non-hydrogen) atoms. The number of Topliss-reactive ketones (excluding diaryl/α,β-unsaturated/α-hetero) is 1. The molecule has 3 aromatic carbocycles. The average Bonchev–Trinajstić information content (AvgIpc) is 2.96. The van der Waals surface area contributed by atoms with Crippen LogP contribution < -0.4 is 5.32 Å². The molecule has 2 N–H and O–H groups in total. The van der Waals surface area contributed by atoms with Gasteiger partial charge in [-0.2, -0.15) is 0 Å². The molecule has 200 valence electrons. The number of carboxylic acids is 1. The van der Waals surface area contributed by atoms with Gasteiger partial charge in [0.05, 0.1) is 11.4 Å². The first-order chi connectivity index (χ1) is 18.8. The van der Waals surface area contributed by atoms with Crippen molar-refractivity contribution >= 4 is 40.6 Å². The summed E-state index contributed by atoms with van der Waals surface area (Å²) >= 11 is 6.25. The number of allylic oxidation sites excluding steroid dienone is 2. The van der Waals surface area contributed by atoms with Crippen LogP contribution in [0.25, 0.3) is 5.57 Å². The second-order valence-electron chi connectivity index (χ2n) is 9.67. The molecule has 0 bridgehead atoms. The molecular formula is C32H30ClNO5. The second kappa shape index (κ2) is 13.2. The van der Waals surface area contributed by atoms with Gasteiger partial charge in [-0.1, -0.05) is 79.4 Å². The first-order valence-corrected chi connectivity index (χ1v) is 13.5. The number of hydrogen-bond donors (Lipinski definition) is 2. The lowest BCUT2D eigenvalue weighted by Gasteiger charge is -2.22. The van der Waals surface area contributed by atoms with E-state index in [9.17, 15) is 19.2 Å². The highest BCUT2D eigenvalue weighted by Crippen LogP contribution is 2.33. The number of benzene rings is 3. The van der Waals surface area contributed by atoms with Crippen LogP contribution in [0.4, 0.5) is 0 Å². The minimum Gasteiger partial charge on any atom is -0.481 e. The van der Waals surface area contributed by atoms with Crippen LogP contribution in [0, 0.1) is 0 Å². The fourth-order valence-corrected chi connectivity index (χ4v) is 5.06. The average molecular weight is 544 g/mol. The number of rotatable bonds is 10. The van der Waals surface area contributed by atoms with E-state index in [0.29, 0.717) is 33.2 Å². The topological polar surface area (TPSA) is 101 Å². The fourth-order valence-electron chi connectivity index (χ4n) is 4.83. The molecular weight excluding hydrogens is 514 g/mol. The lowest BCUT2D eigenvalue weighted by molar-refractivity contribution is -0.136. The molecule has 6 nitrogen and oxygen atoms in total. The molecule has 1 fully saturated rings. The van der Waals surface area contributed by atoms with E-state index in [4.69, 9.17) is 16.7 Å². The minimum atomic E-state index is -1.01. The summed E-state index contributed by atoms with van der Waals surface area (Å²) in [7, 11) is 0. The van der Waals surface area contributed by atoms with Crippen molar-refractivity contribution in [3.63, 3.8) is 0 Å². The molecule has 0 heterocycles. The summed E-state index contributed by atoms with van der Waals surface area (Å²) in [5.74, 6) is -1.67. The number of amides is 1. The summed E-state index contributed by atoms with van der Waals surface area (Å²) in [5, 5.41) is 11.6. The maximum absolute atomic E-state index is 13.7. The number of nitrogens with one attached hydrogen (secondary N) is 1. The summed E-state index contributed by atoms with van der Waals surface area (Å²) < 4.78 is 0. The van der Waals surface area contributed by atoms with Crippen molar-refractivity contribution in [2.75, 3.05) is 6.54 Å². The van der Waals surface area contributed by atoms with Crippen molar-refractivity contribution in [1.82, 2.24) is 5.32 Å². The number of aliphatic carboxylic acids is 1. The standard InChI is InChI=1S/C32H30ClNO5/c33-28-9-5-4-8-26(28)29(35)20-27(23-12-10-22(11-13-23)21-6-2-1-3-7-21)31(38)24-14-16-25(17-15-24)32(39)34-19-18-30(36)37/h4-5,8-17,20-21H,1-3,6-7,18-19H2,(H,34,39)(H,36,37)/b27-20+. The zero-order chi connectivity index (χ0) is 27.8. The molecule has 4 rings (SSSR count). The van der Waals surface area contributed by atoms with Crippen LogP contribution in [0.5, 0.6) is 0 Å². The number of carbonyl (C=O) groups is 4. The number of ketones is 2. The van der Waals surface area contributed by atoms with Crippen LogP contribution in [0.15, 0.2) is 78.9 Å². The lowest BCUT2D eigenvalue weighted by atomic mass is 9.83. The zero-order valence-electron chi connectivity index (χ0n) is 21.5. The number of carboxylic acid groups (broad SMARTS) is 1. The molecule has 7 heteroatoms. The summed E-state index contributed by atoms with van der Waals surface area (Å²) in [6.45, 7) is 0.00272. The van der Waals surface area contributed by atoms with Crippen molar-refractivity contribution in [2.24, 2.45) is 0 Å². The van der Waals surface area contributed by atoms with Crippen LogP contribution in [-0.4, -0.2) is 35.1 Å². The van der Waals surface area contributed by atoms with E-state index in [2.05, 4.69) is 5.32 Å². The van der Waals surface area contributed by atoms with Crippen LogP contribution in [0.2, 0.25) is 5.02 Å². The van der Waals surface area contributed by atoms with Gasteiger partial charge in [-0.15, -0.1) is 0 Å². The molecule has 1 amide bonds. The monoisotopic (exact) mass is 543 g/mol. The third kappa shape index (κ3) is 7.30. The van der Waals surface area contributed by atoms with E-state index in [0.717, 1.165) is 12.8 Å². The van der Waals surface area contributed by atoms with Gasteiger partial charge < -0.3 is 10.4 Å². The Morgan fingerprint density at radius 2 is 1.44 bits per heavy atom. The van der Waals surface area contributed by atoms with E-state index in [1.54, 1.807) is 24.3 Å². The zero-order valence-corrected chi connectivity index (χ0v) is 22.2. The smallest absolute Gasteiger partial charge is 0.305 e. The first kappa shape index (κ1) is 28.0. The highest BCUT2D eigenvalue weighted by molar-refractivity contribution is 6.37. The molecule has 0 atom stereocenters. The van der Waals surface area contributed by atoms with Crippen LogP contribution in [0.3, 0.4) is 0 Å². The second-order valence-corrected chi connectivity index (χ2v) is 10.1. The van der Waals surface area contributed by atoms with E-state index in [1.165, 1.54) is 55.2 Å². The summed E-state index contributed by atoms with van der Waals surface area (Å²) in [4.78, 5) is 49.9. The van der Waals surface area contributed by atoms with Gasteiger partial charge >= 0.3 is 5.97 Å². The van der Waals surface area contributed by atoms with Crippen LogP contribution in [-0.2, 0) is 4.79 Å². The van der Waals surface area contributed by atoms with Gasteiger partial charge in [-0.3, -0.25) is 19.2 Å². The Labute approximate surface area is 232 Å². The van der Waals surface area contributed by atoms with Gasteiger partial charge in [0.15, 0.2) is 11.6 Å². The molecule has 0 spiro atoms. The highest BCUT2D eigenvalue weighted by Gasteiger charge is 2.20. The largest absolute Gasteiger partial charge is 0.481 e. The van der Waals surface area contributed by atoms with Crippen LogP contribution in [0.1, 0.15) is 86.6 Å². The molecule has 1 saturated carbocycles. The Morgan fingerprint density at radius 3 is 2.08 bits per heavy atom. The van der Waals surface area contributed by atoms with E-state index in [1.807, 2.05) is 24.3 Å². The van der Waals surface area contributed by atoms with E-state index >= 15 is 0 Å². The van der Waals surface area contributed by atoms with Crippen molar-refractivity contribution in [3.05, 3.63) is 112 Å². The van der Waals surface area contributed by atoms with Gasteiger partial charge in [0.25, 0.3) is 5.91 Å². The maximum Gasteiger partial charge on any atom is 0.305 e. The third-order valence-electron chi connectivity index (χ3n) is 6.99. The normalized spacial score (nSPS) is 14.0. The molecule has 0 saturated heterocycles. The Hall–Kier alpha value is -4.03. The Balaban J connectivity index is 1.62. The number of halogens is 1. The quantitative estimate of drug-likeness (QED) is 0.218. The minimum absolute atomic E-state index is 0.00272. The molecule has 1 aliphatic carbocycles. The molecule has 0 radical (unpaired) electrons. The maximum atomic E-state index is 13.7. The predicted octanol–water partition coefficient (Wildman–Crippen LogP) is 6.74. The summed E-state index contributed by atoms with van der Waals surface area (Å²) in [5.41, 5.74) is 3.00. The Kier molecular flexibility index (Phi) is 9.45. The van der Waals surface area contributed by atoms with Crippen molar-refractivity contribution in [2.45, 2.75) is 44.4 Å². The number of hydrogen-bond acceptors (Lipinski definition) is 4. The predicted molar refractivity (Wildman–Crippen MR) is 151 cm³/mol. The Bertz CT molecular complexity index is 1390. The first-order valence-electron chi connectivity index (χ1n) is 13.1. The van der Waals surface area contributed by atoms with Gasteiger partial charge in [0.2, 0.25) is 0 Å². The third-order valence-corrected chi connectivity index (χ3v) is 7.32. The van der Waals surface area contributed by atoms with Crippen molar-refractivity contribution in [3.8, 4) is 0 Å². The fraction of sp³-hybridized carbons (Fsp3) is 0.250. The van der Waals surface area contributed by atoms with Gasteiger partial charge in [0.1, 0.15) is 0 Å². The van der Waals surface area contributed by atoms with Gasteiger partial charge in [0, 0.05) is 28.8 Å².